The SMILES string of the molecule is CCC[C@@H](C)c1ccc(Oc2nc(Oc3ccc([C@@H](C)CCC)cc3)nc(Oc3ccc([C@@H](C)CCC)cc3)n2)cc1. The first-order chi connectivity index (χ1) is 20.4. The molecule has 0 aliphatic rings. The minimum atomic E-state index is 0.103. The summed E-state index contributed by atoms with van der Waals surface area (Å²) in [7, 11) is 0. The Morgan fingerprint density at radius 3 is 0.881 bits per heavy atom. The van der Waals surface area contributed by atoms with E-state index in [0.717, 1.165) is 38.5 Å². The van der Waals surface area contributed by atoms with Crippen LogP contribution in [0.25, 0.3) is 0 Å². The van der Waals surface area contributed by atoms with E-state index in [4.69, 9.17) is 14.2 Å². The summed E-state index contributed by atoms with van der Waals surface area (Å²) in [5.41, 5.74) is 3.84. The van der Waals surface area contributed by atoms with E-state index in [-0.39, 0.29) is 18.0 Å². The minimum Gasteiger partial charge on any atom is -0.424 e. The lowest BCUT2D eigenvalue weighted by Gasteiger charge is -2.13. The average Bonchev–Trinajstić information content (AvgIpc) is 2.98. The lowest BCUT2D eigenvalue weighted by molar-refractivity contribution is 0.362. The van der Waals surface area contributed by atoms with Crippen LogP contribution in [0.5, 0.6) is 35.3 Å². The molecule has 1 aromatic heterocycles. The summed E-state index contributed by atoms with van der Waals surface area (Å²) in [5, 5.41) is 0. The lowest BCUT2D eigenvalue weighted by Crippen LogP contribution is -2.02. The highest BCUT2D eigenvalue weighted by Crippen LogP contribution is 2.30. The van der Waals surface area contributed by atoms with Crippen molar-refractivity contribution >= 4 is 0 Å². The molecule has 0 radical (unpaired) electrons. The number of benzene rings is 3. The van der Waals surface area contributed by atoms with E-state index >= 15 is 0 Å². The van der Waals surface area contributed by atoms with Gasteiger partial charge >= 0.3 is 18.0 Å². The normalized spacial score (nSPS) is 13.3. The van der Waals surface area contributed by atoms with Gasteiger partial charge in [-0.3, -0.25) is 0 Å². The fourth-order valence-corrected chi connectivity index (χ4v) is 5.17. The van der Waals surface area contributed by atoms with E-state index in [9.17, 15) is 0 Å². The van der Waals surface area contributed by atoms with Gasteiger partial charge in [-0.2, -0.15) is 0 Å². The molecule has 0 bridgehead atoms. The summed E-state index contributed by atoms with van der Waals surface area (Å²) in [6.45, 7) is 13.3. The lowest BCUT2D eigenvalue weighted by atomic mass is 9.97. The summed E-state index contributed by atoms with van der Waals surface area (Å²) in [6, 6.07) is 24.5. The maximum Gasteiger partial charge on any atom is 0.331 e. The van der Waals surface area contributed by atoms with Gasteiger partial charge in [-0.1, -0.05) is 97.2 Å². The predicted octanol–water partition coefficient (Wildman–Crippen LogP) is 11.0. The van der Waals surface area contributed by atoms with Gasteiger partial charge < -0.3 is 14.2 Å². The van der Waals surface area contributed by atoms with Crippen LogP contribution >= 0.6 is 0 Å². The molecule has 0 aliphatic carbocycles. The van der Waals surface area contributed by atoms with Gasteiger partial charge in [-0.15, -0.1) is 15.0 Å². The third-order valence-corrected chi connectivity index (χ3v) is 7.71. The molecule has 0 N–H and O–H groups in total. The van der Waals surface area contributed by atoms with Gasteiger partial charge in [-0.25, -0.2) is 0 Å². The Morgan fingerprint density at radius 1 is 0.429 bits per heavy atom. The van der Waals surface area contributed by atoms with Crippen molar-refractivity contribution < 1.29 is 14.2 Å². The molecule has 4 rings (SSSR count). The molecule has 1 heterocycles. The molecule has 6 heteroatoms. The van der Waals surface area contributed by atoms with Gasteiger partial charge in [-0.05, 0) is 90.1 Å². The van der Waals surface area contributed by atoms with Gasteiger partial charge in [0.05, 0.1) is 0 Å². The van der Waals surface area contributed by atoms with Gasteiger partial charge in [0.25, 0.3) is 0 Å². The summed E-state index contributed by atoms with van der Waals surface area (Å²) < 4.78 is 18.2. The molecule has 0 saturated carbocycles. The van der Waals surface area contributed by atoms with E-state index in [2.05, 4.69) is 92.9 Å². The van der Waals surface area contributed by atoms with Crippen molar-refractivity contribution in [2.45, 2.75) is 97.8 Å². The van der Waals surface area contributed by atoms with E-state index in [0.29, 0.717) is 35.0 Å². The second kappa shape index (κ2) is 15.3. The Hall–Kier alpha value is -3.93. The van der Waals surface area contributed by atoms with Gasteiger partial charge in [0.1, 0.15) is 17.2 Å². The zero-order chi connectivity index (χ0) is 29.9. The summed E-state index contributed by atoms with van der Waals surface area (Å²) in [4.78, 5) is 13.4. The Kier molecular flexibility index (Phi) is 11.3. The second-order valence-corrected chi connectivity index (χ2v) is 11.3. The van der Waals surface area contributed by atoms with Crippen LogP contribution in [-0.4, -0.2) is 15.0 Å². The van der Waals surface area contributed by atoms with Crippen molar-refractivity contribution in [2.24, 2.45) is 0 Å². The van der Waals surface area contributed by atoms with E-state index < -0.39 is 0 Å². The van der Waals surface area contributed by atoms with E-state index in [1.165, 1.54) is 16.7 Å². The highest BCUT2D eigenvalue weighted by atomic mass is 16.5. The quantitative estimate of drug-likeness (QED) is 0.142. The fourth-order valence-electron chi connectivity index (χ4n) is 5.17. The number of rotatable bonds is 15. The third kappa shape index (κ3) is 8.78. The summed E-state index contributed by atoms with van der Waals surface area (Å²) in [6.07, 6.45) is 6.88. The number of ether oxygens (including phenoxy) is 3. The third-order valence-electron chi connectivity index (χ3n) is 7.71. The Balaban J connectivity index is 1.57. The van der Waals surface area contributed by atoms with Crippen molar-refractivity contribution in [3.05, 3.63) is 89.5 Å². The summed E-state index contributed by atoms with van der Waals surface area (Å²) in [5.74, 6) is 3.38. The van der Waals surface area contributed by atoms with Crippen LogP contribution in [0.4, 0.5) is 0 Å². The van der Waals surface area contributed by atoms with Crippen LogP contribution in [0.3, 0.4) is 0 Å². The first-order valence-electron chi connectivity index (χ1n) is 15.5. The molecule has 0 unspecified atom stereocenters. The Bertz CT molecular complexity index is 1190. The van der Waals surface area contributed by atoms with Crippen LogP contribution in [0.15, 0.2) is 72.8 Å². The zero-order valence-electron chi connectivity index (χ0n) is 26.0. The summed E-state index contributed by atoms with van der Waals surface area (Å²) >= 11 is 0. The molecule has 6 nitrogen and oxygen atoms in total. The van der Waals surface area contributed by atoms with Crippen molar-refractivity contribution in [2.75, 3.05) is 0 Å². The van der Waals surface area contributed by atoms with Crippen molar-refractivity contribution in [3.8, 4) is 35.3 Å². The highest BCUT2D eigenvalue weighted by Gasteiger charge is 2.15. The predicted molar refractivity (Wildman–Crippen MR) is 169 cm³/mol. The van der Waals surface area contributed by atoms with E-state index in [1.807, 2.05) is 36.4 Å². The zero-order valence-corrected chi connectivity index (χ0v) is 26.0. The number of hydrogen-bond acceptors (Lipinski definition) is 6. The molecule has 0 spiro atoms. The first-order valence-corrected chi connectivity index (χ1v) is 15.5. The molecule has 42 heavy (non-hydrogen) atoms. The second-order valence-electron chi connectivity index (χ2n) is 11.3. The van der Waals surface area contributed by atoms with Crippen LogP contribution in [-0.2, 0) is 0 Å². The monoisotopic (exact) mass is 567 g/mol. The molecule has 0 aliphatic heterocycles. The van der Waals surface area contributed by atoms with Crippen LogP contribution in [0.2, 0.25) is 0 Å². The Morgan fingerprint density at radius 2 is 0.667 bits per heavy atom. The standard InChI is InChI=1S/C36H45N3O3/c1-7-10-25(4)28-13-19-31(20-14-28)40-34-37-35(41-32-21-15-29(16-22-32)26(5)11-8-2)39-36(38-34)42-33-23-17-30(18-24-33)27(6)12-9-3/h13-27H,7-12H2,1-6H3/t25-,26-,27+/m0/s1. The molecule has 3 aromatic carbocycles. The van der Waals surface area contributed by atoms with Crippen molar-refractivity contribution in [3.63, 3.8) is 0 Å². The van der Waals surface area contributed by atoms with Gasteiger partial charge in [0.15, 0.2) is 0 Å². The molecule has 0 saturated heterocycles. The molecular formula is C36H45N3O3. The van der Waals surface area contributed by atoms with Gasteiger partial charge in [0, 0.05) is 0 Å². The molecule has 0 fully saturated rings. The maximum absolute atomic E-state index is 6.06. The molecule has 222 valence electrons. The Labute approximate surface area is 251 Å². The number of aromatic nitrogens is 3. The van der Waals surface area contributed by atoms with Crippen LogP contribution in [0.1, 0.15) is 115 Å². The number of nitrogens with zero attached hydrogens (tertiary/aromatic N) is 3. The van der Waals surface area contributed by atoms with Crippen LogP contribution < -0.4 is 14.2 Å². The molecule has 3 atom stereocenters. The first kappa shape index (κ1) is 31.0. The van der Waals surface area contributed by atoms with Crippen molar-refractivity contribution in [1.82, 2.24) is 15.0 Å². The smallest absolute Gasteiger partial charge is 0.331 e. The van der Waals surface area contributed by atoms with Crippen LogP contribution in [0, 0.1) is 0 Å². The van der Waals surface area contributed by atoms with E-state index in [1.54, 1.807) is 0 Å². The molecule has 0 amide bonds. The molecule has 4 aromatic rings. The van der Waals surface area contributed by atoms with Gasteiger partial charge in [0.2, 0.25) is 0 Å². The topological polar surface area (TPSA) is 66.4 Å². The maximum atomic E-state index is 6.06. The average molecular weight is 568 g/mol. The molecular weight excluding hydrogens is 522 g/mol. The fraction of sp³-hybridized carbons (Fsp3) is 0.417. The highest BCUT2D eigenvalue weighted by molar-refractivity contribution is 5.34. The minimum absolute atomic E-state index is 0.103. The number of hydrogen-bond donors (Lipinski definition) is 0. The van der Waals surface area contributed by atoms with Crippen molar-refractivity contribution in [1.29, 1.82) is 0 Å². The largest absolute Gasteiger partial charge is 0.424 e.